The summed E-state index contributed by atoms with van der Waals surface area (Å²) in [6.07, 6.45) is 18.3. The molecule has 0 radical (unpaired) electrons. The molecule has 5 aromatic rings. The van der Waals surface area contributed by atoms with Gasteiger partial charge in [-0.15, -0.1) is 0 Å². The summed E-state index contributed by atoms with van der Waals surface area (Å²) < 4.78 is 19.4. The summed E-state index contributed by atoms with van der Waals surface area (Å²) in [6.45, 7) is 8.48. The molecule has 0 N–H and O–H groups in total. The Morgan fingerprint density at radius 2 is 1.02 bits per heavy atom. The Morgan fingerprint density at radius 1 is 0.554 bits per heavy atom. The van der Waals surface area contributed by atoms with Crippen LogP contribution in [0.5, 0.6) is 17.2 Å². The van der Waals surface area contributed by atoms with Gasteiger partial charge in [0.1, 0.15) is 17.2 Å². The fourth-order valence-corrected chi connectivity index (χ4v) is 8.42. The van der Waals surface area contributed by atoms with Crippen molar-refractivity contribution in [1.82, 2.24) is 4.90 Å². The van der Waals surface area contributed by atoms with E-state index in [0.717, 1.165) is 61.5 Å². The maximum atomic E-state index is 13.4. The molecule has 6 rings (SSSR count). The third kappa shape index (κ3) is 16.0. The van der Waals surface area contributed by atoms with E-state index in [1.165, 1.54) is 64.2 Å². The van der Waals surface area contributed by atoms with E-state index in [-0.39, 0.29) is 5.91 Å². The molecule has 11 heteroatoms. The van der Waals surface area contributed by atoms with E-state index in [1.807, 2.05) is 89.8 Å². The summed E-state index contributed by atoms with van der Waals surface area (Å²) in [5.74, 6) is 1.69. The van der Waals surface area contributed by atoms with Crippen molar-refractivity contribution >= 4 is 73.2 Å². The number of ether oxygens (including phenoxy) is 3. The minimum absolute atomic E-state index is 0.0128. The van der Waals surface area contributed by atoms with Crippen molar-refractivity contribution in [2.45, 2.75) is 90.9 Å². The van der Waals surface area contributed by atoms with Gasteiger partial charge in [0.15, 0.2) is 0 Å². The molecule has 0 unspecified atom stereocenters. The molecule has 0 aliphatic carbocycles. The number of carbonyl (C=O) groups is 2. The zero-order chi connectivity index (χ0) is 45.6. The smallest absolute Gasteiger partial charge is 0.343 e. The number of anilines is 1. The Balaban J connectivity index is 0.900. The lowest BCUT2D eigenvalue weighted by Gasteiger charge is -2.36. The van der Waals surface area contributed by atoms with Gasteiger partial charge in [-0.2, -0.15) is 0 Å². The van der Waals surface area contributed by atoms with Crippen LogP contribution in [0.1, 0.15) is 123 Å². The highest BCUT2D eigenvalue weighted by molar-refractivity contribution is 9.11. The van der Waals surface area contributed by atoms with E-state index in [2.05, 4.69) is 60.6 Å². The highest BCUT2D eigenvalue weighted by Crippen LogP contribution is 2.31. The number of unbranched alkanes of at least 4 members (excludes halogenated alkanes) is 10. The number of benzene rings is 5. The first-order valence-electron chi connectivity index (χ1n) is 23.3. The highest BCUT2D eigenvalue weighted by Gasteiger charge is 2.22. The second-order valence-electron chi connectivity index (χ2n) is 16.4. The Morgan fingerprint density at radius 3 is 1.49 bits per heavy atom. The standard InChI is InChI=1S/C54H62Br2N4O5/c1-3-5-7-9-11-13-35-63-51-29-23-45(37-49(51)55)57-39-41-15-19-43(20-16-41)53(61)60-33-31-59(32-34-60)47-25-27-48(28-26-47)65-54(62)44-21-17-42(18-22-44)40-58-46-24-30-52(50(56)38-46)64-36-14-12-10-8-6-4-2/h15-30,37-40H,3-14,31-36H2,1-2H3. The number of carbonyl (C=O) groups excluding carboxylic acids is 2. The Kier molecular flexibility index (Phi) is 20.2. The second-order valence-corrected chi connectivity index (χ2v) is 18.1. The number of halogens is 2. The minimum Gasteiger partial charge on any atom is -0.492 e. The summed E-state index contributed by atoms with van der Waals surface area (Å²) in [5.41, 5.74) is 5.50. The lowest BCUT2D eigenvalue weighted by atomic mass is 10.1. The van der Waals surface area contributed by atoms with E-state index in [9.17, 15) is 9.59 Å². The third-order valence-electron chi connectivity index (χ3n) is 11.4. The zero-order valence-corrected chi connectivity index (χ0v) is 41.0. The van der Waals surface area contributed by atoms with Gasteiger partial charge in [0.25, 0.3) is 5.91 Å². The fourth-order valence-electron chi connectivity index (χ4n) is 7.46. The molecule has 1 heterocycles. The number of piperazine rings is 1. The van der Waals surface area contributed by atoms with Crippen molar-refractivity contribution in [1.29, 1.82) is 0 Å². The van der Waals surface area contributed by atoms with Crippen LogP contribution in [0.25, 0.3) is 0 Å². The largest absolute Gasteiger partial charge is 0.492 e. The number of amides is 1. The maximum absolute atomic E-state index is 13.4. The Hall–Kier alpha value is -5.26. The molecule has 0 bridgehead atoms. The summed E-state index contributed by atoms with van der Waals surface area (Å²) >= 11 is 7.24. The highest BCUT2D eigenvalue weighted by atomic mass is 79.9. The van der Waals surface area contributed by atoms with Crippen LogP contribution in [0.2, 0.25) is 0 Å². The predicted molar refractivity (Wildman–Crippen MR) is 273 cm³/mol. The number of esters is 1. The summed E-state index contributed by atoms with van der Waals surface area (Å²) in [7, 11) is 0. The van der Waals surface area contributed by atoms with Crippen LogP contribution < -0.4 is 19.1 Å². The van der Waals surface area contributed by atoms with Crippen molar-refractivity contribution in [3.8, 4) is 17.2 Å². The molecule has 1 fully saturated rings. The summed E-state index contributed by atoms with van der Waals surface area (Å²) in [6, 6.07) is 33.9. The van der Waals surface area contributed by atoms with Gasteiger partial charge in [-0.1, -0.05) is 102 Å². The average Bonchev–Trinajstić information content (AvgIpc) is 3.33. The molecule has 5 aromatic carbocycles. The van der Waals surface area contributed by atoms with Crippen molar-refractivity contribution in [2.75, 3.05) is 44.3 Å². The fraction of sp³-hybridized carbons (Fsp3) is 0.370. The second kappa shape index (κ2) is 26.6. The molecular formula is C54H62Br2N4O5. The van der Waals surface area contributed by atoms with Crippen LogP contribution >= 0.6 is 31.9 Å². The van der Waals surface area contributed by atoms with Crippen molar-refractivity contribution < 1.29 is 23.8 Å². The quantitative estimate of drug-likeness (QED) is 0.0265. The van der Waals surface area contributed by atoms with Crippen LogP contribution in [-0.2, 0) is 0 Å². The molecule has 9 nitrogen and oxygen atoms in total. The van der Waals surface area contributed by atoms with Gasteiger partial charge in [-0.05, 0) is 141 Å². The van der Waals surface area contributed by atoms with Gasteiger partial charge >= 0.3 is 5.97 Å². The van der Waals surface area contributed by atoms with Crippen LogP contribution in [-0.4, -0.2) is 68.6 Å². The Labute approximate surface area is 402 Å². The minimum atomic E-state index is -0.433. The van der Waals surface area contributed by atoms with Gasteiger partial charge < -0.3 is 24.0 Å². The molecule has 0 aromatic heterocycles. The maximum Gasteiger partial charge on any atom is 0.343 e. The van der Waals surface area contributed by atoms with Crippen LogP contribution in [0, 0.1) is 0 Å². The lowest BCUT2D eigenvalue weighted by molar-refractivity contribution is 0.0731. The SMILES string of the molecule is CCCCCCCCOc1ccc(N=Cc2ccc(C(=O)Oc3ccc(N4CCN(C(=O)c5ccc(C=Nc6ccc(OCCCCCCCC)c(Br)c6)cc5)CC4)cc3)cc2)cc1Br. The van der Waals surface area contributed by atoms with Gasteiger partial charge in [-0.25, -0.2) is 4.79 Å². The molecular weight excluding hydrogens is 944 g/mol. The lowest BCUT2D eigenvalue weighted by Crippen LogP contribution is -2.48. The first kappa shape index (κ1) is 49.2. The summed E-state index contributed by atoms with van der Waals surface area (Å²) in [4.78, 5) is 39.8. The Bertz CT molecular complexity index is 2310. The molecule has 1 aliphatic rings. The van der Waals surface area contributed by atoms with E-state index < -0.39 is 5.97 Å². The molecule has 1 aliphatic heterocycles. The third-order valence-corrected chi connectivity index (χ3v) is 12.6. The normalized spacial score (nSPS) is 12.9. The van der Waals surface area contributed by atoms with E-state index in [1.54, 1.807) is 36.7 Å². The van der Waals surface area contributed by atoms with E-state index in [4.69, 9.17) is 14.2 Å². The van der Waals surface area contributed by atoms with Gasteiger partial charge in [0.05, 0.1) is 39.1 Å². The summed E-state index contributed by atoms with van der Waals surface area (Å²) in [5, 5.41) is 0. The number of aliphatic imine (C=N–C) groups is 2. The van der Waals surface area contributed by atoms with E-state index >= 15 is 0 Å². The van der Waals surface area contributed by atoms with Crippen LogP contribution in [0.3, 0.4) is 0 Å². The predicted octanol–water partition coefficient (Wildman–Crippen LogP) is 14.4. The van der Waals surface area contributed by atoms with Crippen LogP contribution in [0.15, 0.2) is 128 Å². The van der Waals surface area contributed by atoms with Gasteiger partial charge in [-0.3, -0.25) is 14.8 Å². The van der Waals surface area contributed by atoms with Crippen molar-refractivity contribution in [2.24, 2.45) is 9.98 Å². The van der Waals surface area contributed by atoms with E-state index in [0.29, 0.717) is 56.3 Å². The number of nitrogens with zero attached hydrogens (tertiary/aromatic N) is 4. The van der Waals surface area contributed by atoms with Gasteiger partial charge in [0.2, 0.25) is 0 Å². The topological polar surface area (TPSA) is 93.0 Å². The van der Waals surface area contributed by atoms with Crippen molar-refractivity contribution in [3.63, 3.8) is 0 Å². The number of rotatable bonds is 24. The molecule has 0 saturated carbocycles. The van der Waals surface area contributed by atoms with Crippen LogP contribution in [0.4, 0.5) is 17.1 Å². The average molecular weight is 1010 g/mol. The first-order valence-corrected chi connectivity index (χ1v) is 24.9. The molecule has 1 saturated heterocycles. The molecule has 0 atom stereocenters. The monoisotopic (exact) mass is 1000 g/mol. The number of hydrogen-bond acceptors (Lipinski definition) is 8. The van der Waals surface area contributed by atoms with Crippen molar-refractivity contribution in [3.05, 3.63) is 140 Å². The van der Waals surface area contributed by atoms with Gasteiger partial charge in [0, 0.05) is 49.9 Å². The molecule has 1 amide bonds. The molecule has 342 valence electrons. The molecule has 0 spiro atoms. The number of hydrogen-bond donors (Lipinski definition) is 0. The zero-order valence-electron chi connectivity index (χ0n) is 37.9. The molecule has 65 heavy (non-hydrogen) atoms. The first-order chi connectivity index (χ1) is 31.8.